The first-order valence-corrected chi connectivity index (χ1v) is 9.39. The van der Waals surface area contributed by atoms with Crippen molar-refractivity contribution in [2.24, 2.45) is 0 Å². The summed E-state index contributed by atoms with van der Waals surface area (Å²) in [5.74, 6) is 0.859. The van der Waals surface area contributed by atoms with Crippen LogP contribution in [-0.4, -0.2) is 28.8 Å². The molecule has 0 bridgehead atoms. The first kappa shape index (κ1) is 18.2. The van der Waals surface area contributed by atoms with E-state index in [1.54, 1.807) is 23.9 Å². The standard InChI is InChI=1S/C21H22N4O3/c1-14-13-17(15-7-10-22-11-8-15)28-21(27)19(14)20(26)24-18-9-12-23-25(18)16-5-3-2-4-6-16/h2-6,9,12-13,15,22H,7-8,10-11H2,1H3,(H,24,26). The summed E-state index contributed by atoms with van der Waals surface area (Å²) in [5.41, 5.74) is 0.858. The van der Waals surface area contributed by atoms with Crippen molar-refractivity contribution in [2.45, 2.75) is 25.7 Å². The molecule has 4 rings (SSSR count). The second-order valence-corrected chi connectivity index (χ2v) is 6.94. The minimum Gasteiger partial charge on any atom is -0.427 e. The molecule has 7 heteroatoms. The molecule has 2 aromatic heterocycles. The minimum absolute atomic E-state index is 0.0264. The Morgan fingerprint density at radius 2 is 1.96 bits per heavy atom. The zero-order valence-electron chi connectivity index (χ0n) is 15.6. The lowest BCUT2D eigenvalue weighted by atomic mass is 9.94. The third-order valence-corrected chi connectivity index (χ3v) is 5.02. The van der Waals surface area contributed by atoms with Crippen molar-refractivity contribution in [2.75, 3.05) is 18.4 Å². The highest BCUT2D eigenvalue weighted by molar-refractivity contribution is 6.04. The number of hydrogen-bond donors (Lipinski definition) is 2. The van der Waals surface area contributed by atoms with Crippen molar-refractivity contribution < 1.29 is 9.21 Å². The van der Waals surface area contributed by atoms with Crippen LogP contribution < -0.4 is 16.3 Å². The summed E-state index contributed by atoms with van der Waals surface area (Å²) < 4.78 is 7.13. The monoisotopic (exact) mass is 378 g/mol. The lowest BCUT2D eigenvalue weighted by Crippen LogP contribution is -2.28. The van der Waals surface area contributed by atoms with Crippen LogP contribution in [-0.2, 0) is 0 Å². The number of nitrogens with one attached hydrogen (secondary N) is 2. The van der Waals surface area contributed by atoms with Gasteiger partial charge in [0.1, 0.15) is 17.1 Å². The maximum Gasteiger partial charge on any atom is 0.349 e. The molecule has 2 N–H and O–H groups in total. The van der Waals surface area contributed by atoms with Crippen LogP contribution in [0.4, 0.5) is 5.82 Å². The zero-order chi connectivity index (χ0) is 19.5. The molecular formula is C21H22N4O3. The molecule has 3 aromatic rings. The number of anilines is 1. The Hall–Kier alpha value is -3.19. The Balaban J connectivity index is 1.59. The summed E-state index contributed by atoms with van der Waals surface area (Å²) in [6, 6.07) is 13.0. The fourth-order valence-corrected chi connectivity index (χ4v) is 3.57. The highest BCUT2D eigenvalue weighted by Crippen LogP contribution is 2.25. The number of aromatic nitrogens is 2. The van der Waals surface area contributed by atoms with E-state index in [1.807, 2.05) is 36.4 Å². The van der Waals surface area contributed by atoms with Gasteiger partial charge in [0, 0.05) is 12.0 Å². The van der Waals surface area contributed by atoms with Gasteiger partial charge in [-0.2, -0.15) is 5.10 Å². The molecule has 0 unspecified atom stereocenters. The summed E-state index contributed by atoms with van der Waals surface area (Å²) in [7, 11) is 0. The van der Waals surface area contributed by atoms with Crippen LogP contribution in [0.3, 0.4) is 0 Å². The van der Waals surface area contributed by atoms with Gasteiger partial charge >= 0.3 is 5.63 Å². The molecule has 3 heterocycles. The molecular weight excluding hydrogens is 356 g/mol. The van der Waals surface area contributed by atoms with Gasteiger partial charge in [-0.25, -0.2) is 9.48 Å². The minimum atomic E-state index is -0.600. The van der Waals surface area contributed by atoms with Gasteiger partial charge in [0.25, 0.3) is 5.91 Å². The van der Waals surface area contributed by atoms with E-state index in [2.05, 4.69) is 15.7 Å². The maximum absolute atomic E-state index is 12.8. The number of para-hydroxylation sites is 1. The quantitative estimate of drug-likeness (QED) is 0.729. The van der Waals surface area contributed by atoms with Gasteiger partial charge in [-0.15, -0.1) is 0 Å². The largest absolute Gasteiger partial charge is 0.427 e. The molecule has 0 spiro atoms. The van der Waals surface area contributed by atoms with Crippen LogP contribution in [0, 0.1) is 6.92 Å². The van der Waals surface area contributed by atoms with Gasteiger partial charge in [-0.3, -0.25) is 4.79 Å². The first-order chi connectivity index (χ1) is 13.6. The SMILES string of the molecule is Cc1cc(C2CCNCC2)oc(=O)c1C(=O)Nc1ccnn1-c1ccccc1. The number of hydrogen-bond acceptors (Lipinski definition) is 5. The van der Waals surface area contributed by atoms with Crippen LogP contribution >= 0.6 is 0 Å². The van der Waals surface area contributed by atoms with Crippen LogP contribution in [0.1, 0.15) is 40.4 Å². The second-order valence-electron chi connectivity index (χ2n) is 6.94. The van der Waals surface area contributed by atoms with Crippen molar-refractivity contribution in [3.05, 3.63) is 76.0 Å². The molecule has 0 atom stereocenters. The summed E-state index contributed by atoms with van der Waals surface area (Å²) in [4.78, 5) is 25.4. The molecule has 1 aliphatic heterocycles. The molecule has 0 aliphatic carbocycles. The van der Waals surface area contributed by atoms with E-state index in [0.717, 1.165) is 31.6 Å². The Morgan fingerprint density at radius 1 is 1.21 bits per heavy atom. The number of aryl methyl sites for hydroxylation is 1. The van der Waals surface area contributed by atoms with Gasteiger partial charge in [-0.05, 0) is 56.6 Å². The number of piperidine rings is 1. The molecule has 1 fully saturated rings. The van der Waals surface area contributed by atoms with E-state index in [9.17, 15) is 9.59 Å². The predicted octanol–water partition coefficient (Wildman–Crippen LogP) is 2.85. The maximum atomic E-state index is 12.8. The molecule has 1 aromatic carbocycles. The van der Waals surface area contributed by atoms with E-state index in [4.69, 9.17) is 4.42 Å². The van der Waals surface area contributed by atoms with Gasteiger partial charge < -0.3 is 15.1 Å². The molecule has 1 amide bonds. The molecule has 0 saturated carbocycles. The molecule has 144 valence electrons. The zero-order valence-corrected chi connectivity index (χ0v) is 15.6. The third-order valence-electron chi connectivity index (χ3n) is 5.02. The fraction of sp³-hybridized carbons (Fsp3) is 0.286. The smallest absolute Gasteiger partial charge is 0.349 e. The topological polar surface area (TPSA) is 89.2 Å². The van der Waals surface area contributed by atoms with Gasteiger partial charge in [0.15, 0.2) is 0 Å². The van der Waals surface area contributed by atoms with Crippen molar-refractivity contribution in [1.82, 2.24) is 15.1 Å². The highest BCUT2D eigenvalue weighted by atomic mass is 16.4. The number of carbonyl (C=O) groups excluding carboxylic acids is 1. The highest BCUT2D eigenvalue weighted by Gasteiger charge is 2.23. The summed E-state index contributed by atoms with van der Waals surface area (Å²) >= 11 is 0. The van der Waals surface area contributed by atoms with E-state index in [0.29, 0.717) is 17.1 Å². The summed E-state index contributed by atoms with van der Waals surface area (Å²) in [6.07, 6.45) is 3.44. The van der Waals surface area contributed by atoms with Crippen molar-refractivity contribution in [3.8, 4) is 5.69 Å². The third kappa shape index (κ3) is 3.61. The summed E-state index contributed by atoms with van der Waals surface area (Å²) in [6.45, 7) is 3.57. The number of rotatable bonds is 4. The lowest BCUT2D eigenvalue weighted by molar-refractivity contribution is 0.102. The van der Waals surface area contributed by atoms with E-state index < -0.39 is 11.5 Å². The second kappa shape index (κ2) is 7.82. The van der Waals surface area contributed by atoms with Gasteiger partial charge in [0.05, 0.1) is 11.9 Å². The Morgan fingerprint density at radius 3 is 2.68 bits per heavy atom. The fourth-order valence-electron chi connectivity index (χ4n) is 3.57. The molecule has 1 aliphatic rings. The molecule has 7 nitrogen and oxygen atoms in total. The van der Waals surface area contributed by atoms with E-state index >= 15 is 0 Å². The summed E-state index contributed by atoms with van der Waals surface area (Å²) in [5, 5.41) is 10.3. The molecule has 0 radical (unpaired) electrons. The number of nitrogens with zero attached hydrogens (tertiary/aromatic N) is 2. The number of benzene rings is 1. The Kier molecular flexibility index (Phi) is 5.08. The van der Waals surface area contributed by atoms with Crippen LogP contribution in [0.25, 0.3) is 5.69 Å². The van der Waals surface area contributed by atoms with Crippen molar-refractivity contribution in [1.29, 1.82) is 0 Å². The first-order valence-electron chi connectivity index (χ1n) is 9.39. The normalized spacial score (nSPS) is 14.8. The van der Waals surface area contributed by atoms with E-state index in [1.165, 1.54) is 0 Å². The average Bonchev–Trinajstić information content (AvgIpc) is 3.17. The van der Waals surface area contributed by atoms with Crippen LogP contribution in [0.15, 0.2) is 57.9 Å². The van der Waals surface area contributed by atoms with Crippen LogP contribution in [0.5, 0.6) is 0 Å². The molecule has 1 saturated heterocycles. The number of amides is 1. The van der Waals surface area contributed by atoms with Gasteiger partial charge in [0.2, 0.25) is 0 Å². The Bertz CT molecular complexity index is 1030. The van der Waals surface area contributed by atoms with Crippen molar-refractivity contribution >= 4 is 11.7 Å². The molecule has 28 heavy (non-hydrogen) atoms. The lowest BCUT2D eigenvalue weighted by Gasteiger charge is -2.22. The number of carbonyl (C=O) groups is 1. The van der Waals surface area contributed by atoms with Crippen LogP contribution in [0.2, 0.25) is 0 Å². The average molecular weight is 378 g/mol. The predicted molar refractivity (Wildman–Crippen MR) is 106 cm³/mol. The van der Waals surface area contributed by atoms with Gasteiger partial charge in [-0.1, -0.05) is 18.2 Å². The Labute approximate surface area is 162 Å². The van der Waals surface area contributed by atoms with Crippen molar-refractivity contribution in [3.63, 3.8) is 0 Å². The van der Waals surface area contributed by atoms with E-state index in [-0.39, 0.29) is 11.5 Å².